The number of amides is 1. The van der Waals surface area contributed by atoms with E-state index in [4.69, 9.17) is 10.5 Å². The van der Waals surface area contributed by atoms with Gasteiger partial charge in [-0.15, -0.1) is 0 Å². The van der Waals surface area contributed by atoms with E-state index in [2.05, 4.69) is 20.8 Å². The predicted octanol–water partition coefficient (Wildman–Crippen LogP) is 3.22. The Balaban J connectivity index is 2.40. The summed E-state index contributed by atoms with van der Waals surface area (Å²) in [7, 11) is 1.56. The molecule has 0 bridgehead atoms. The van der Waals surface area contributed by atoms with Crippen LogP contribution in [-0.4, -0.2) is 29.3 Å². The van der Waals surface area contributed by atoms with Crippen molar-refractivity contribution in [2.24, 2.45) is 0 Å². The molecule has 1 saturated carbocycles. The molecule has 1 aliphatic rings. The molecule has 21 heavy (non-hydrogen) atoms. The van der Waals surface area contributed by atoms with E-state index in [0.29, 0.717) is 18.0 Å². The van der Waals surface area contributed by atoms with E-state index in [1.165, 1.54) is 4.90 Å². The lowest BCUT2D eigenvalue weighted by Gasteiger charge is -2.25. The number of rotatable bonds is 4. The van der Waals surface area contributed by atoms with E-state index < -0.39 is 6.09 Å². The minimum Gasteiger partial charge on any atom is -0.494 e. The second kappa shape index (κ2) is 5.47. The van der Waals surface area contributed by atoms with Crippen LogP contribution in [0.3, 0.4) is 0 Å². The van der Waals surface area contributed by atoms with Crippen LogP contribution >= 0.6 is 0 Å². The third kappa shape index (κ3) is 3.40. The third-order valence-corrected chi connectivity index (χ3v) is 3.84. The standard InChI is InChI=1S/C16H24N2O3/c1-16(2,3)11-7-10(14(21-4)13(17)8-11)9-18(15(19)20)12-5-6-12/h7-8,12H,5-6,9,17H2,1-4H3,(H,19,20). The van der Waals surface area contributed by atoms with Gasteiger partial charge in [-0.05, 0) is 36.0 Å². The number of nitrogen functional groups attached to an aromatic ring is 1. The number of carboxylic acid groups (broad SMARTS) is 1. The molecule has 5 nitrogen and oxygen atoms in total. The summed E-state index contributed by atoms with van der Waals surface area (Å²) in [4.78, 5) is 12.9. The molecule has 0 aliphatic heterocycles. The van der Waals surface area contributed by atoms with Gasteiger partial charge in [0.1, 0.15) is 5.75 Å². The van der Waals surface area contributed by atoms with Gasteiger partial charge in [0.2, 0.25) is 0 Å². The summed E-state index contributed by atoms with van der Waals surface area (Å²) in [5.41, 5.74) is 8.50. The molecule has 1 aromatic carbocycles. The highest BCUT2D eigenvalue weighted by Gasteiger charge is 2.33. The zero-order chi connectivity index (χ0) is 15.8. The average molecular weight is 292 g/mol. The molecule has 0 unspecified atom stereocenters. The third-order valence-electron chi connectivity index (χ3n) is 3.84. The van der Waals surface area contributed by atoms with Crippen molar-refractivity contribution < 1.29 is 14.6 Å². The fraction of sp³-hybridized carbons (Fsp3) is 0.562. The number of benzene rings is 1. The van der Waals surface area contributed by atoms with Crippen LogP contribution in [0.4, 0.5) is 10.5 Å². The molecule has 5 heteroatoms. The van der Waals surface area contributed by atoms with Crippen molar-refractivity contribution in [3.05, 3.63) is 23.3 Å². The van der Waals surface area contributed by atoms with Crippen molar-refractivity contribution in [3.8, 4) is 5.75 Å². The highest BCUT2D eigenvalue weighted by atomic mass is 16.5. The molecule has 3 N–H and O–H groups in total. The van der Waals surface area contributed by atoms with Gasteiger partial charge in [-0.2, -0.15) is 0 Å². The lowest BCUT2D eigenvalue weighted by Crippen LogP contribution is -2.31. The minimum absolute atomic E-state index is 0.0528. The first-order valence-corrected chi connectivity index (χ1v) is 7.20. The number of hydrogen-bond donors (Lipinski definition) is 2. The number of methoxy groups -OCH3 is 1. The quantitative estimate of drug-likeness (QED) is 0.835. The van der Waals surface area contributed by atoms with E-state index in [9.17, 15) is 9.90 Å². The number of nitrogens with zero attached hydrogens (tertiary/aromatic N) is 1. The minimum atomic E-state index is -0.890. The molecule has 0 aromatic heterocycles. The summed E-state index contributed by atoms with van der Waals surface area (Å²) in [5.74, 6) is 0.579. The zero-order valence-corrected chi connectivity index (χ0v) is 13.1. The smallest absolute Gasteiger partial charge is 0.407 e. The molecule has 1 aromatic rings. The van der Waals surface area contributed by atoms with Crippen molar-refractivity contribution in [2.75, 3.05) is 12.8 Å². The number of carbonyl (C=O) groups is 1. The van der Waals surface area contributed by atoms with Crippen LogP contribution in [0.15, 0.2) is 12.1 Å². The summed E-state index contributed by atoms with van der Waals surface area (Å²) in [6.07, 6.45) is 0.978. The lowest BCUT2D eigenvalue weighted by atomic mass is 9.85. The molecule has 0 atom stereocenters. The summed E-state index contributed by atoms with van der Waals surface area (Å²) in [6, 6.07) is 4.05. The Morgan fingerprint density at radius 1 is 1.43 bits per heavy atom. The van der Waals surface area contributed by atoms with Crippen LogP contribution in [0, 0.1) is 0 Å². The van der Waals surface area contributed by atoms with Gasteiger partial charge in [0.25, 0.3) is 0 Å². The lowest BCUT2D eigenvalue weighted by molar-refractivity contribution is 0.138. The molecule has 0 saturated heterocycles. The Labute approximate surface area is 125 Å². The van der Waals surface area contributed by atoms with E-state index in [0.717, 1.165) is 24.0 Å². The molecular formula is C16H24N2O3. The van der Waals surface area contributed by atoms with Gasteiger partial charge in [-0.1, -0.05) is 20.8 Å². The Kier molecular flexibility index (Phi) is 4.03. The van der Waals surface area contributed by atoms with Crippen molar-refractivity contribution in [3.63, 3.8) is 0 Å². The van der Waals surface area contributed by atoms with E-state index in [1.54, 1.807) is 7.11 Å². The van der Waals surface area contributed by atoms with Crippen LogP contribution in [0.1, 0.15) is 44.7 Å². The fourth-order valence-electron chi connectivity index (χ4n) is 2.44. The van der Waals surface area contributed by atoms with E-state index in [1.807, 2.05) is 12.1 Å². The molecule has 0 heterocycles. The Morgan fingerprint density at radius 3 is 2.48 bits per heavy atom. The number of nitrogens with two attached hydrogens (primary N) is 1. The maximum Gasteiger partial charge on any atom is 0.407 e. The first-order valence-electron chi connectivity index (χ1n) is 7.20. The largest absolute Gasteiger partial charge is 0.494 e. The van der Waals surface area contributed by atoms with Crippen molar-refractivity contribution in [1.29, 1.82) is 0 Å². The van der Waals surface area contributed by atoms with Crippen LogP contribution in [0.2, 0.25) is 0 Å². The van der Waals surface area contributed by atoms with Crippen LogP contribution in [-0.2, 0) is 12.0 Å². The van der Waals surface area contributed by atoms with Crippen molar-refractivity contribution in [1.82, 2.24) is 4.90 Å². The molecule has 1 fully saturated rings. The Hall–Kier alpha value is -1.91. The molecular weight excluding hydrogens is 268 g/mol. The summed E-state index contributed by atoms with van der Waals surface area (Å²) < 4.78 is 5.38. The number of ether oxygens (including phenoxy) is 1. The predicted molar refractivity (Wildman–Crippen MR) is 82.7 cm³/mol. The molecule has 1 aliphatic carbocycles. The van der Waals surface area contributed by atoms with E-state index in [-0.39, 0.29) is 11.5 Å². The average Bonchev–Trinajstić information content (AvgIpc) is 3.18. The van der Waals surface area contributed by atoms with Gasteiger partial charge in [0, 0.05) is 11.6 Å². The van der Waals surface area contributed by atoms with Crippen molar-refractivity contribution >= 4 is 11.8 Å². The second-order valence-corrected chi connectivity index (χ2v) is 6.65. The van der Waals surface area contributed by atoms with E-state index >= 15 is 0 Å². The number of anilines is 1. The SMILES string of the molecule is COc1c(N)cc(C(C)(C)C)cc1CN(C(=O)O)C1CC1. The van der Waals surface area contributed by atoms with Crippen molar-refractivity contribution in [2.45, 2.75) is 51.6 Å². The van der Waals surface area contributed by atoms with Crippen LogP contribution in [0.5, 0.6) is 5.75 Å². The molecule has 2 rings (SSSR count). The fourth-order valence-corrected chi connectivity index (χ4v) is 2.44. The van der Waals surface area contributed by atoms with Gasteiger partial charge < -0.3 is 20.5 Å². The first-order chi connectivity index (χ1) is 9.74. The summed E-state index contributed by atoms with van der Waals surface area (Å²) in [6.45, 7) is 6.63. The molecule has 1 amide bonds. The second-order valence-electron chi connectivity index (χ2n) is 6.65. The summed E-state index contributed by atoms with van der Waals surface area (Å²) in [5, 5.41) is 9.36. The van der Waals surface area contributed by atoms with Gasteiger partial charge in [-0.3, -0.25) is 0 Å². The first kappa shape index (κ1) is 15.5. The molecule has 0 radical (unpaired) electrons. The van der Waals surface area contributed by atoms with Gasteiger partial charge in [0.15, 0.2) is 0 Å². The normalized spacial score (nSPS) is 14.9. The topological polar surface area (TPSA) is 75.8 Å². The van der Waals surface area contributed by atoms with Crippen LogP contribution < -0.4 is 10.5 Å². The van der Waals surface area contributed by atoms with Gasteiger partial charge >= 0.3 is 6.09 Å². The maximum atomic E-state index is 11.4. The summed E-state index contributed by atoms with van der Waals surface area (Å²) >= 11 is 0. The highest BCUT2D eigenvalue weighted by molar-refractivity contribution is 5.67. The van der Waals surface area contributed by atoms with Gasteiger partial charge in [0.05, 0.1) is 19.3 Å². The zero-order valence-electron chi connectivity index (χ0n) is 13.1. The monoisotopic (exact) mass is 292 g/mol. The van der Waals surface area contributed by atoms with Gasteiger partial charge in [-0.25, -0.2) is 4.79 Å². The Morgan fingerprint density at radius 2 is 2.05 bits per heavy atom. The van der Waals surface area contributed by atoms with Crippen LogP contribution in [0.25, 0.3) is 0 Å². The Bertz CT molecular complexity index is 545. The highest BCUT2D eigenvalue weighted by Crippen LogP contribution is 2.36. The molecule has 0 spiro atoms. The number of hydrogen-bond acceptors (Lipinski definition) is 3. The maximum absolute atomic E-state index is 11.4. The molecule has 116 valence electrons.